The summed E-state index contributed by atoms with van der Waals surface area (Å²) < 4.78 is 26.6. The van der Waals surface area contributed by atoms with Crippen LogP contribution in [0.15, 0.2) is 18.2 Å². The highest BCUT2D eigenvalue weighted by Gasteiger charge is 2.35. The van der Waals surface area contributed by atoms with Gasteiger partial charge in [-0.25, -0.2) is 8.78 Å². The fourth-order valence-corrected chi connectivity index (χ4v) is 2.54. The summed E-state index contributed by atoms with van der Waals surface area (Å²) in [6, 6.07) is 2.90. The minimum absolute atomic E-state index is 0. The second kappa shape index (κ2) is 7.18. The zero-order chi connectivity index (χ0) is 14.8. The number of hydrogen-bond donors (Lipinski definition) is 2. The molecule has 0 radical (unpaired) electrons. The molecule has 0 bridgehead atoms. The zero-order valence-electron chi connectivity index (χ0n) is 12.2. The predicted octanol–water partition coefficient (Wildman–Crippen LogP) is 3.10. The van der Waals surface area contributed by atoms with Crippen molar-refractivity contribution in [1.82, 2.24) is 10.6 Å². The van der Waals surface area contributed by atoms with Crippen molar-refractivity contribution in [3.8, 4) is 0 Å². The van der Waals surface area contributed by atoms with Crippen LogP contribution in [0, 0.1) is 11.6 Å². The van der Waals surface area contributed by atoms with Crippen molar-refractivity contribution in [2.75, 3.05) is 6.54 Å². The second-order valence-corrected chi connectivity index (χ2v) is 5.58. The summed E-state index contributed by atoms with van der Waals surface area (Å²) in [7, 11) is 0. The van der Waals surface area contributed by atoms with Crippen molar-refractivity contribution in [2.45, 2.75) is 44.7 Å². The van der Waals surface area contributed by atoms with Gasteiger partial charge in [0.15, 0.2) is 0 Å². The van der Waals surface area contributed by atoms with Crippen molar-refractivity contribution in [1.29, 1.82) is 0 Å². The number of rotatable bonds is 3. The first-order chi connectivity index (χ1) is 9.42. The van der Waals surface area contributed by atoms with Crippen LogP contribution < -0.4 is 10.6 Å². The maximum Gasteiger partial charge on any atom is 0.240 e. The van der Waals surface area contributed by atoms with E-state index in [1.807, 2.05) is 6.92 Å². The summed E-state index contributed by atoms with van der Waals surface area (Å²) in [6.45, 7) is 4.36. The molecule has 118 valence electrons. The molecular formula is C15H21ClF2N2O. The number of nitrogens with one attached hydrogen (secondary N) is 2. The molecule has 2 rings (SSSR count). The lowest BCUT2D eigenvalue weighted by Gasteiger charge is -2.34. The lowest BCUT2D eigenvalue weighted by atomic mass is 9.89. The van der Waals surface area contributed by atoms with Crippen LogP contribution in [-0.4, -0.2) is 18.0 Å². The van der Waals surface area contributed by atoms with E-state index in [0.29, 0.717) is 5.56 Å². The number of carbonyl (C=O) groups is 1. The van der Waals surface area contributed by atoms with Gasteiger partial charge in [0.2, 0.25) is 5.91 Å². The Balaban J connectivity index is 0.00000220. The van der Waals surface area contributed by atoms with Gasteiger partial charge in [0.1, 0.15) is 11.6 Å². The monoisotopic (exact) mass is 318 g/mol. The molecule has 1 aromatic rings. The normalized spacial score (nSPS) is 23.0. The number of hydrogen-bond acceptors (Lipinski definition) is 2. The third kappa shape index (κ3) is 4.14. The Morgan fingerprint density at radius 3 is 2.67 bits per heavy atom. The van der Waals surface area contributed by atoms with E-state index in [1.165, 1.54) is 12.1 Å². The van der Waals surface area contributed by atoms with E-state index in [0.717, 1.165) is 31.9 Å². The van der Waals surface area contributed by atoms with Crippen LogP contribution in [0.2, 0.25) is 0 Å². The molecule has 3 nitrogen and oxygen atoms in total. The molecule has 1 fully saturated rings. The number of piperidine rings is 1. The minimum Gasteiger partial charge on any atom is -0.348 e. The van der Waals surface area contributed by atoms with Crippen LogP contribution in [0.5, 0.6) is 0 Å². The van der Waals surface area contributed by atoms with E-state index in [9.17, 15) is 13.6 Å². The van der Waals surface area contributed by atoms with Gasteiger partial charge in [-0.3, -0.25) is 4.79 Å². The molecule has 1 aliphatic rings. The number of amides is 1. The number of benzene rings is 1. The van der Waals surface area contributed by atoms with E-state index in [-0.39, 0.29) is 18.3 Å². The molecule has 6 heteroatoms. The molecule has 1 aliphatic heterocycles. The van der Waals surface area contributed by atoms with Gasteiger partial charge in [-0.1, -0.05) is 6.07 Å². The Kier molecular flexibility index (Phi) is 6.10. The minimum atomic E-state index is -0.639. The fraction of sp³-hybridized carbons (Fsp3) is 0.533. The highest BCUT2D eigenvalue weighted by atomic mass is 35.5. The summed E-state index contributed by atoms with van der Waals surface area (Å²) in [5.74, 6) is -1.40. The van der Waals surface area contributed by atoms with Crippen LogP contribution in [0.1, 0.15) is 44.7 Å². The number of halogens is 3. The Bertz CT molecular complexity index is 504. The topological polar surface area (TPSA) is 41.1 Å². The molecular weight excluding hydrogens is 298 g/mol. The molecule has 2 unspecified atom stereocenters. The Labute approximate surface area is 129 Å². The first-order valence-electron chi connectivity index (χ1n) is 6.93. The lowest BCUT2D eigenvalue weighted by molar-refractivity contribution is -0.128. The zero-order valence-corrected chi connectivity index (χ0v) is 13.0. The Morgan fingerprint density at radius 2 is 2.10 bits per heavy atom. The van der Waals surface area contributed by atoms with Gasteiger partial charge in [-0.05, 0) is 45.7 Å². The largest absolute Gasteiger partial charge is 0.348 e. The highest BCUT2D eigenvalue weighted by molar-refractivity contribution is 5.86. The molecule has 1 saturated heterocycles. The maximum atomic E-state index is 13.7. The number of carbonyl (C=O) groups excluding carboxylic acids is 1. The summed E-state index contributed by atoms with van der Waals surface area (Å²) in [6.07, 6.45) is 2.82. The van der Waals surface area contributed by atoms with Gasteiger partial charge < -0.3 is 10.6 Å². The van der Waals surface area contributed by atoms with Crippen LogP contribution in [-0.2, 0) is 4.79 Å². The SMILES string of the molecule is CC(NC(=O)C1(C)CCCCN1)c1ccc(F)cc1F.Cl. The van der Waals surface area contributed by atoms with Crippen molar-refractivity contribution in [3.05, 3.63) is 35.4 Å². The van der Waals surface area contributed by atoms with Gasteiger partial charge in [-0.2, -0.15) is 0 Å². The van der Waals surface area contributed by atoms with E-state index < -0.39 is 23.2 Å². The van der Waals surface area contributed by atoms with Crippen molar-refractivity contribution < 1.29 is 13.6 Å². The van der Waals surface area contributed by atoms with Gasteiger partial charge >= 0.3 is 0 Å². The van der Waals surface area contributed by atoms with Crippen molar-refractivity contribution >= 4 is 18.3 Å². The third-order valence-corrected chi connectivity index (χ3v) is 3.90. The molecule has 1 aromatic carbocycles. The fourth-order valence-electron chi connectivity index (χ4n) is 2.54. The molecule has 2 N–H and O–H groups in total. The summed E-state index contributed by atoms with van der Waals surface area (Å²) in [4.78, 5) is 12.3. The van der Waals surface area contributed by atoms with Gasteiger partial charge in [-0.15, -0.1) is 12.4 Å². The van der Waals surface area contributed by atoms with E-state index in [1.54, 1.807) is 6.92 Å². The average molecular weight is 319 g/mol. The van der Waals surface area contributed by atoms with E-state index in [4.69, 9.17) is 0 Å². The van der Waals surface area contributed by atoms with Gasteiger partial charge in [0.25, 0.3) is 0 Å². The molecule has 21 heavy (non-hydrogen) atoms. The van der Waals surface area contributed by atoms with Crippen LogP contribution >= 0.6 is 12.4 Å². The molecule has 2 atom stereocenters. The molecule has 0 spiro atoms. The van der Waals surface area contributed by atoms with Crippen LogP contribution in [0.4, 0.5) is 8.78 Å². The smallest absolute Gasteiger partial charge is 0.240 e. The van der Waals surface area contributed by atoms with E-state index >= 15 is 0 Å². The van der Waals surface area contributed by atoms with Crippen molar-refractivity contribution in [3.63, 3.8) is 0 Å². The van der Waals surface area contributed by atoms with E-state index in [2.05, 4.69) is 10.6 Å². The first-order valence-corrected chi connectivity index (χ1v) is 6.93. The van der Waals surface area contributed by atoms with Crippen LogP contribution in [0.3, 0.4) is 0 Å². The predicted molar refractivity (Wildman–Crippen MR) is 80.4 cm³/mol. The maximum absolute atomic E-state index is 13.7. The molecule has 1 heterocycles. The Hall–Kier alpha value is -1.20. The standard InChI is InChI=1S/C15H20F2N2O.ClH/c1-10(12-6-5-11(16)9-13(12)17)19-14(20)15(2)7-3-4-8-18-15;/h5-6,9-10,18H,3-4,7-8H2,1-2H3,(H,19,20);1H. The summed E-state index contributed by atoms with van der Waals surface area (Å²) in [5, 5.41) is 6.01. The molecule has 1 amide bonds. The molecule has 0 saturated carbocycles. The summed E-state index contributed by atoms with van der Waals surface area (Å²) in [5.41, 5.74) is -0.317. The highest BCUT2D eigenvalue weighted by Crippen LogP contribution is 2.22. The molecule has 0 aromatic heterocycles. The molecule has 0 aliphatic carbocycles. The van der Waals surface area contributed by atoms with Crippen molar-refractivity contribution in [2.24, 2.45) is 0 Å². The average Bonchev–Trinajstić information content (AvgIpc) is 2.39. The lowest BCUT2D eigenvalue weighted by Crippen LogP contribution is -2.57. The van der Waals surface area contributed by atoms with Crippen LogP contribution in [0.25, 0.3) is 0 Å². The second-order valence-electron chi connectivity index (χ2n) is 5.58. The first kappa shape index (κ1) is 17.9. The summed E-state index contributed by atoms with van der Waals surface area (Å²) >= 11 is 0. The van der Waals surface area contributed by atoms with Gasteiger partial charge in [0.05, 0.1) is 11.6 Å². The third-order valence-electron chi connectivity index (χ3n) is 3.90. The quantitative estimate of drug-likeness (QED) is 0.899. The van der Waals surface area contributed by atoms with Gasteiger partial charge in [0, 0.05) is 11.6 Å². The Morgan fingerprint density at radius 1 is 1.38 bits per heavy atom.